The molecule has 0 heterocycles. The second-order valence-corrected chi connectivity index (χ2v) is 3.58. The van der Waals surface area contributed by atoms with Crippen molar-refractivity contribution in [2.75, 3.05) is 13.7 Å². The summed E-state index contributed by atoms with van der Waals surface area (Å²) in [5.74, 6) is -1.46. The van der Waals surface area contributed by atoms with Gasteiger partial charge in [0.15, 0.2) is 0 Å². The quantitative estimate of drug-likeness (QED) is 0.870. The van der Waals surface area contributed by atoms with Gasteiger partial charge in [0.2, 0.25) is 0 Å². The fourth-order valence-corrected chi connectivity index (χ4v) is 1.56. The molecule has 0 aromatic heterocycles. The van der Waals surface area contributed by atoms with E-state index in [-0.39, 0.29) is 11.3 Å². The van der Waals surface area contributed by atoms with Gasteiger partial charge in [-0.05, 0) is 13.0 Å². The Labute approximate surface area is 92.2 Å². The number of ether oxygens (including phenoxy) is 1. The van der Waals surface area contributed by atoms with Gasteiger partial charge in [-0.2, -0.15) is 13.2 Å². The van der Waals surface area contributed by atoms with E-state index in [2.05, 4.69) is 0 Å². The maximum absolute atomic E-state index is 12.7. The molecule has 1 unspecified atom stereocenters. The first-order chi connectivity index (χ1) is 7.40. The van der Waals surface area contributed by atoms with Crippen LogP contribution in [0.5, 0.6) is 5.75 Å². The number of methoxy groups -OCH3 is 1. The monoisotopic (exact) mass is 233 g/mol. The summed E-state index contributed by atoms with van der Waals surface area (Å²) in [5, 5.41) is 0. The Bertz CT molecular complexity index is 363. The van der Waals surface area contributed by atoms with E-state index in [4.69, 9.17) is 10.5 Å². The Morgan fingerprint density at radius 2 is 2.00 bits per heavy atom. The van der Waals surface area contributed by atoms with E-state index in [0.717, 1.165) is 5.56 Å². The minimum absolute atomic E-state index is 0.0949. The van der Waals surface area contributed by atoms with E-state index in [9.17, 15) is 13.2 Å². The number of halogens is 3. The average Bonchev–Trinajstić information content (AvgIpc) is 2.17. The van der Waals surface area contributed by atoms with Gasteiger partial charge >= 0.3 is 6.18 Å². The smallest absolute Gasteiger partial charge is 0.397 e. The zero-order valence-electron chi connectivity index (χ0n) is 9.14. The van der Waals surface area contributed by atoms with Crippen molar-refractivity contribution in [3.05, 3.63) is 29.3 Å². The van der Waals surface area contributed by atoms with Crippen LogP contribution in [0.3, 0.4) is 0 Å². The molecule has 0 amide bonds. The van der Waals surface area contributed by atoms with Crippen LogP contribution in [-0.2, 0) is 0 Å². The Morgan fingerprint density at radius 1 is 1.38 bits per heavy atom. The fraction of sp³-hybridized carbons (Fsp3) is 0.455. The van der Waals surface area contributed by atoms with Crippen molar-refractivity contribution in [3.8, 4) is 5.75 Å². The zero-order valence-corrected chi connectivity index (χ0v) is 9.14. The van der Waals surface area contributed by atoms with Crippen molar-refractivity contribution >= 4 is 0 Å². The second kappa shape index (κ2) is 4.74. The Morgan fingerprint density at radius 3 is 2.44 bits per heavy atom. The van der Waals surface area contributed by atoms with Crippen LogP contribution >= 0.6 is 0 Å². The molecule has 90 valence electrons. The lowest BCUT2D eigenvalue weighted by atomic mass is 9.96. The summed E-state index contributed by atoms with van der Waals surface area (Å²) in [5.41, 5.74) is 6.03. The van der Waals surface area contributed by atoms with Gasteiger partial charge in [-0.15, -0.1) is 0 Å². The lowest BCUT2D eigenvalue weighted by Crippen LogP contribution is -2.28. The summed E-state index contributed by atoms with van der Waals surface area (Å²) in [6.07, 6.45) is -4.35. The van der Waals surface area contributed by atoms with Crippen molar-refractivity contribution in [2.24, 2.45) is 5.73 Å². The van der Waals surface area contributed by atoms with Crippen LogP contribution in [0.1, 0.15) is 17.0 Å². The standard InChI is InChI=1S/C11H14F3NO/c1-7-3-4-10(16-2)8(5-7)9(6-15)11(12,13)14/h3-5,9H,6,15H2,1-2H3. The van der Waals surface area contributed by atoms with E-state index >= 15 is 0 Å². The van der Waals surface area contributed by atoms with Gasteiger partial charge in [0.25, 0.3) is 0 Å². The molecule has 1 atom stereocenters. The van der Waals surface area contributed by atoms with Gasteiger partial charge in [-0.3, -0.25) is 0 Å². The van der Waals surface area contributed by atoms with E-state index < -0.39 is 18.6 Å². The molecule has 5 heteroatoms. The highest BCUT2D eigenvalue weighted by molar-refractivity contribution is 5.40. The normalized spacial score (nSPS) is 13.6. The number of nitrogens with two attached hydrogens (primary N) is 1. The molecular weight excluding hydrogens is 219 g/mol. The molecule has 2 N–H and O–H groups in total. The van der Waals surface area contributed by atoms with Crippen molar-refractivity contribution in [3.63, 3.8) is 0 Å². The van der Waals surface area contributed by atoms with Gasteiger partial charge in [-0.25, -0.2) is 0 Å². The van der Waals surface area contributed by atoms with E-state index in [0.29, 0.717) is 0 Å². The van der Waals surface area contributed by atoms with Crippen LogP contribution in [0.15, 0.2) is 18.2 Å². The minimum atomic E-state index is -4.35. The van der Waals surface area contributed by atoms with Crippen molar-refractivity contribution in [2.45, 2.75) is 19.0 Å². The third-order valence-electron chi connectivity index (χ3n) is 2.39. The molecule has 0 saturated carbocycles. The van der Waals surface area contributed by atoms with E-state index in [1.807, 2.05) is 0 Å². The van der Waals surface area contributed by atoms with E-state index in [1.54, 1.807) is 13.0 Å². The molecule has 0 aliphatic carbocycles. The Kier molecular flexibility index (Phi) is 3.80. The third-order valence-corrected chi connectivity index (χ3v) is 2.39. The number of benzene rings is 1. The Balaban J connectivity index is 3.23. The largest absolute Gasteiger partial charge is 0.496 e. The van der Waals surface area contributed by atoms with Gasteiger partial charge in [0, 0.05) is 12.1 Å². The molecule has 0 bridgehead atoms. The first-order valence-corrected chi connectivity index (χ1v) is 4.81. The molecule has 1 aromatic carbocycles. The van der Waals surface area contributed by atoms with Gasteiger partial charge in [-0.1, -0.05) is 17.7 Å². The molecule has 16 heavy (non-hydrogen) atoms. The van der Waals surface area contributed by atoms with Gasteiger partial charge < -0.3 is 10.5 Å². The molecule has 0 fully saturated rings. The second-order valence-electron chi connectivity index (χ2n) is 3.58. The molecule has 0 saturated heterocycles. The summed E-state index contributed by atoms with van der Waals surface area (Å²) >= 11 is 0. The van der Waals surface area contributed by atoms with Crippen molar-refractivity contribution < 1.29 is 17.9 Å². The molecule has 0 radical (unpaired) electrons. The third kappa shape index (κ3) is 2.66. The summed E-state index contributed by atoms with van der Waals surface area (Å²) < 4.78 is 43.1. The number of hydrogen-bond donors (Lipinski definition) is 1. The van der Waals surface area contributed by atoms with Crippen LogP contribution in [0.2, 0.25) is 0 Å². The minimum Gasteiger partial charge on any atom is -0.496 e. The highest BCUT2D eigenvalue weighted by Gasteiger charge is 2.41. The number of aryl methyl sites for hydroxylation is 1. The summed E-state index contributed by atoms with van der Waals surface area (Å²) in [7, 11) is 1.35. The van der Waals surface area contributed by atoms with Crippen LogP contribution in [-0.4, -0.2) is 19.8 Å². The predicted molar refractivity (Wildman–Crippen MR) is 55.6 cm³/mol. The van der Waals surface area contributed by atoms with Gasteiger partial charge in [0.1, 0.15) is 5.75 Å². The van der Waals surface area contributed by atoms with Crippen LogP contribution in [0.25, 0.3) is 0 Å². The van der Waals surface area contributed by atoms with Crippen LogP contribution in [0.4, 0.5) is 13.2 Å². The zero-order chi connectivity index (χ0) is 12.3. The topological polar surface area (TPSA) is 35.2 Å². The fourth-order valence-electron chi connectivity index (χ4n) is 1.56. The molecular formula is C11H14F3NO. The highest BCUT2D eigenvalue weighted by Crippen LogP contribution is 2.38. The number of hydrogen-bond acceptors (Lipinski definition) is 2. The van der Waals surface area contributed by atoms with Crippen LogP contribution < -0.4 is 10.5 Å². The Hall–Kier alpha value is -1.23. The lowest BCUT2D eigenvalue weighted by Gasteiger charge is -2.21. The molecule has 0 aliphatic rings. The summed E-state index contributed by atoms with van der Waals surface area (Å²) in [6.45, 7) is 1.25. The average molecular weight is 233 g/mol. The summed E-state index contributed by atoms with van der Waals surface area (Å²) in [6, 6.07) is 4.69. The van der Waals surface area contributed by atoms with Crippen molar-refractivity contribution in [1.82, 2.24) is 0 Å². The molecule has 0 spiro atoms. The number of rotatable bonds is 3. The first kappa shape index (κ1) is 12.8. The SMILES string of the molecule is COc1ccc(C)cc1C(CN)C(F)(F)F. The molecule has 0 aliphatic heterocycles. The predicted octanol–water partition coefficient (Wildman–Crippen LogP) is 2.61. The molecule has 2 nitrogen and oxygen atoms in total. The molecule has 1 rings (SSSR count). The number of alkyl halides is 3. The highest BCUT2D eigenvalue weighted by atomic mass is 19.4. The summed E-state index contributed by atoms with van der Waals surface area (Å²) in [4.78, 5) is 0. The molecule has 1 aromatic rings. The van der Waals surface area contributed by atoms with Gasteiger partial charge in [0.05, 0.1) is 13.0 Å². The van der Waals surface area contributed by atoms with Crippen molar-refractivity contribution in [1.29, 1.82) is 0 Å². The maximum Gasteiger partial charge on any atom is 0.397 e. The maximum atomic E-state index is 12.7. The van der Waals surface area contributed by atoms with Crippen LogP contribution in [0, 0.1) is 6.92 Å². The lowest BCUT2D eigenvalue weighted by molar-refractivity contribution is -0.148. The first-order valence-electron chi connectivity index (χ1n) is 4.81. The van der Waals surface area contributed by atoms with E-state index in [1.165, 1.54) is 19.2 Å².